The number of carbonyl (C=O) groups is 1. The topological polar surface area (TPSA) is 64.3 Å². The second-order valence-electron chi connectivity index (χ2n) is 4.11. The first kappa shape index (κ1) is 14.8. The molecule has 0 atom stereocenters. The molecule has 0 fully saturated rings. The number of anilines is 2. The molecule has 0 heterocycles. The third-order valence-corrected chi connectivity index (χ3v) is 3.50. The monoisotopic (exact) mass is 314 g/mol. The Morgan fingerprint density at radius 3 is 2.83 bits per heavy atom. The highest BCUT2D eigenvalue weighted by Crippen LogP contribution is 2.28. The normalized spacial score (nSPS) is 10.2. The van der Waals surface area contributed by atoms with Crippen molar-refractivity contribution >= 4 is 33.3 Å². The Labute approximate surface area is 116 Å². The van der Waals surface area contributed by atoms with Gasteiger partial charge in [0.1, 0.15) is 0 Å². The van der Waals surface area contributed by atoms with Crippen LogP contribution in [0.3, 0.4) is 0 Å². The SMILES string of the molecule is CC(=O)OCCCCNc1ccc(Br)c(C)c1N. The number of rotatable bonds is 6. The van der Waals surface area contributed by atoms with Crippen LogP contribution in [0.1, 0.15) is 25.3 Å². The summed E-state index contributed by atoms with van der Waals surface area (Å²) in [6, 6.07) is 3.94. The summed E-state index contributed by atoms with van der Waals surface area (Å²) in [6.07, 6.45) is 1.78. The molecule has 100 valence electrons. The minimum atomic E-state index is -0.226. The van der Waals surface area contributed by atoms with E-state index in [0.717, 1.165) is 40.8 Å². The van der Waals surface area contributed by atoms with Gasteiger partial charge in [-0.3, -0.25) is 4.79 Å². The van der Waals surface area contributed by atoms with Crippen molar-refractivity contribution in [3.63, 3.8) is 0 Å². The average Bonchev–Trinajstić information content (AvgIpc) is 2.33. The molecule has 0 saturated carbocycles. The first-order chi connectivity index (χ1) is 8.52. The molecular formula is C13H19BrN2O2. The van der Waals surface area contributed by atoms with Crippen molar-refractivity contribution in [2.75, 3.05) is 24.2 Å². The molecule has 1 aromatic carbocycles. The van der Waals surface area contributed by atoms with Gasteiger partial charge in [-0.1, -0.05) is 15.9 Å². The summed E-state index contributed by atoms with van der Waals surface area (Å²) in [5.74, 6) is -0.226. The Kier molecular flexibility index (Phi) is 5.98. The minimum Gasteiger partial charge on any atom is -0.466 e. The van der Waals surface area contributed by atoms with Crippen molar-refractivity contribution in [3.8, 4) is 0 Å². The second kappa shape index (κ2) is 7.26. The van der Waals surface area contributed by atoms with Crippen molar-refractivity contribution in [1.82, 2.24) is 0 Å². The lowest BCUT2D eigenvalue weighted by Crippen LogP contribution is -2.07. The second-order valence-corrected chi connectivity index (χ2v) is 4.96. The number of esters is 1. The fraction of sp³-hybridized carbons (Fsp3) is 0.462. The van der Waals surface area contributed by atoms with Gasteiger partial charge in [0.15, 0.2) is 0 Å². The van der Waals surface area contributed by atoms with Gasteiger partial charge < -0.3 is 15.8 Å². The maximum absolute atomic E-state index is 10.6. The molecule has 1 aromatic rings. The quantitative estimate of drug-likeness (QED) is 0.481. The van der Waals surface area contributed by atoms with E-state index in [1.807, 2.05) is 19.1 Å². The van der Waals surface area contributed by atoms with Gasteiger partial charge in [0.2, 0.25) is 0 Å². The zero-order valence-corrected chi connectivity index (χ0v) is 12.3. The number of unbranched alkanes of at least 4 members (excludes halogenated alkanes) is 1. The highest BCUT2D eigenvalue weighted by molar-refractivity contribution is 9.10. The number of benzene rings is 1. The summed E-state index contributed by atoms with van der Waals surface area (Å²) in [5, 5.41) is 3.28. The molecule has 0 radical (unpaired) electrons. The first-order valence-corrected chi connectivity index (χ1v) is 6.73. The molecule has 0 saturated heterocycles. The zero-order valence-electron chi connectivity index (χ0n) is 10.8. The first-order valence-electron chi connectivity index (χ1n) is 5.94. The molecule has 0 aromatic heterocycles. The smallest absolute Gasteiger partial charge is 0.302 e. The minimum absolute atomic E-state index is 0.226. The molecule has 0 amide bonds. The standard InChI is InChI=1S/C13H19BrN2O2/c1-9-11(14)5-6-12(13(9)15)16-7-3-4-8-18-10(2)17/h5-6,16H,3-4,7-8,15H2,1-2H3. The fourth-order valence-electron chi connectivity index (χ4n) is 1.52. The van der Waals surface area contributed by atoms with Crippen LogP contribution in [0.5, 0.6) is 0 Å². The summed E-state index contributed by atoms with van der Waals surface area (Å²) in [6.45, 7) is 4.69. The Bertz CT molecular complexity index is 422. The third-order valence-electron chi connectivity index (χ3n) is 2.64. The number of carbonyl (C=O) groups excluding carboxylic acids is 1. The van der Waals surface area contributed by atoms with Crippen LogP contribution >= 0.6 is 15.9 Å². The van der Waals surface area contributed by atoms with E-state index in [2.05, 4.69) is 21.2 Å². The lowest BCUT2D eigenvalue weighted by molar-refractivity contribution is -0.141. The van der Waals surface area contributed by atoms with Gasteiger partial charge in [0.05, 0.1) is 18.0 Å². The van der Waals surface area contributed by atoms with E-state index in [0.29, 0.717) is 6.61 Å². The van der Waals surface area contributed by atoms with E-state index in [9.17, 15) is 4.79 Å². The van der Waals surface area contributed by atoms with E-state index in [1.54, 1.807) is 0 Å². The van der Waals surface area contributed by atoms with E-state index < -0.39 is 0 Å². The van der Waals surface area contributed by atoms with Crippen molar-refractivity contribution in [3.05, 3.63) is 22.2 Å². The Morgan fingerprint density at radius 1 is 1.44 bits per heavy atom. The van der Waals surface area contributed by atoms with Gasteiger partial charge in [-0.2, -0.15) is 0 Å². The molecule has 0 aliphatic carbocycles. The molecule has 1 rings (SSSR count). The molecule has 0 unspecified atom stereocenters. The van der Waals surface area contributed by atoms with Gasteiger partial charge in [-0.05, 0) is 37.5 Å². The van der Waals surface area contributed by atoms with Gasteiger partial charge in [0.25, 0.3) is 0 Å². The maximum atomic E-state index is 10.6. The number of nitrogen functional groups attached to an aromatic ring is 1. The van der Waals surface area contributed by atoms with Crippen LogP contribution in [0.4, 0.5) is 11.4 Å². The van der Waals surface area contributed by atoms with Crippen LogP contribution < -0.4 is 11.1 Å². The lowest BCUT2D eigenvalue weighted by Gasteiger charge is -2.12. The molecule has 18 heavy (non-hydrogen) atoms. The van der Waals surface area contributed by atoms with Gasteiger partial charge in [0, 0.05) is 17.9 Å². The van der Waals surface area contributed by atoms with Crippen molar-refractivity contribution in [2.24, 2.45) is 0 Å². The molecule has 5 heteroatoms. The molecular weight excluding hydrogens is 296 g/mol. The predicted octanol–water partition coefficient (Wildman–Crippen LogP) is 3.09. The number of hydrogen-bond donors (Lipinski definition) is 2. The summed E-state index contributed by atoms with van der Waals surface area (Å²) in [5.41, 5.74) is 8.76. The van der Waals surface area contributed by atoms with Crippen LogP contribution in [0.2, 0.25) is 0 Å². The molecule has 3 N–H and O–H groups in total. The van der Waals surface area contributed by atoms with Crippen molar-refractivity contribution in [2.45, 2.75) is 26.7 Å². The number of nitrogens with one attached hydrogen (secondary N) is 1. The van der Waals surface area contributed by atoms with E-state index in [4.69, 9.17) is 10.5 Å². The highest BCUT2D eigenvalue weighted by atomic mass is 79.9. The molecule has 4 nitrogen and oxygen atoms in total. The van der Waals surface area contributed by atoms with Crippen LogP contribution in [-0.2, 0) is 9.53 Å². The summed E-state index contributed by atoms with van der Waals surface area (Å²) >= 11 is 3.44. The van der Waals surface area contributed by atoms with Gasteiger partial charge >= 0.3 is 5.97 Å². The number of ether oxygens (including phenoxy) is 1. The van der Waals surface area contributed by atoms with Crippen LogP contribution in [0.15, 0.2) is 16.6 Å². The average molecular weight is 315 g/mol. The number of hydrogen-bond acceptors (Lipinski definition) is 4. The van der Waals surface area contributed by atoms with Gasteiger partial charge in [-0.25, -0.2) is 0 Å². The van der Waals surface area contributed by atoms with Crippen molar-refractivity contribution in [1.29, 1.82) is 0 Å². The third kappa shape index (κ3) is 4.56. The fourth-order valence-corrected chi connectivity index (χ4v) is 1.87. The van der Waals surface area contributed by atoms with Gasteiger partial charge in [-0.15, -0.1) is 0 Å². The Balaban J connectivity index is 2.32. The largest absolute Gasteiger partial charge is 0.466 e. The van der Waals surface area contributed by atoms with Crippen LogP contribution in [0.25, 0.3) is 0 Å². The predicted molar refractivity (Wildman–Crippen MR) is 77.6 cm³/mol. The van der Waals surface area contributed by atoms with Crippen LogP contribution in [0, 0.1) is 6.92 Å². The summed E-state index contributed by atoms with van der Waals surface area (Å²) < 4.78 is 5.87. The van der Waals surface area contributed by atoms with Crippen molar-refractivity contribution < 1.29 is 9.53 Å². The summed E-state index contributed by atoms with van der Waals surface area (Å²) in [4.78, 5) is 10.6. The lowest BCUT2D eigenvalue weighted by atomic mass is 10.1. The summed E-state index contributed by atoms with van der Waals surface area (Å²) in [7, 11) is 0. The van der Waals surface area contributed by atoms with E-state index in [1.165, 1.54) is 6.92 Å². The zero-order chi connectivity index (χ0) is 13.5. The highest BCUT2D eigenvalue weighted by Gasteiger charge is 2.04. The van der Waals surface area contributed by atoms with Crippen LogP contribution in [-0.4, -0.2) is 19.1 Å². The molecule has 0 bridgehead atoms. The molecule has 0 spiro atoms. The number of halogens is 1. The maximum Gasteiger partial charge on any atom is 0.302 e. The Hall–Kier alpha value is -1.23. The van der Waals surface area contributed by atoms with E-state index in [-0.39, 0.29) is 5.97 Å². The molecule has 0 aliphatic heterocycles. The molecule has 0 aliphatic rings. The number of nitrogens with two attached hydrogens (primary N) is 1. The Morgan fingerprint density at radius 2 is 2.17 bits per heavy atom. The van der Waals surface area contributed by atoms with E-state index >= 15 is 0 Å².